The zero-order valence-electron chi connectivity index (χ0n) is 18.0. The Morgan fingerprint density at radius 2 is 1.70 bits per heavy atom. The van der Waals surface area contributed by atoms with Crippen LogP contribution in [0.15, 0.2) is 48.5 Å². The van der Waals surface area contributed by atoms with E-state index in [2.05, 4.69) is 10.2 Å². The van der Waals surface area contributed by atoms with Crippen molar-refractivity contribution in [3.05, 3.63) is 59.7 Å². The molecule has 0 aromatic heterocycles. The monoisotopic (exact) mass is 411 g/mol. The minimum atomic E-state index is -1.01. The number of imide groups is 1. The molecular formula is C23H29N3O4. The fraction of sp³-hybridized carbons (Fsp3) is 0.391. The highest BCUT2D eigenvalue weighted by atomic mass is 16.5. The van der Waals surface area contributed by atoms with Crippen LogP contribution in [-0.2, 0) is 17.8 Å². The van der Waals surface area contributed by atoms with Crippen molar-refractivity contribution in [1.82, 2.24) is 15.1 Å². The number of ether oxygens (including phenoxy) is 2. The first-order chi connectivity index (χ1) is 14.4. The molecule has 1 aliphatic rings. The maximum atomic E-state index is 13.2. The summed E-state index contributed by atoms with van der Waals surface area (Å²) >= 11 is 0. The number of nitrogens with zero attached hydrogens (tertiary/aromatic N) is 2. The Bertz CT molecular complexity index is 903. The molecular weight excluding hydrogens is 382 g/mol. The molecule has 0 radical (unpaired) electrons. The number of amides is 3. The van der Waals surface area contributed by atoms with Crippen LogP contribution in [0.3, 0.4) is 0 Å². The SMILES string of the molecule is CCN(Cc1ccccc1)CN1C(=O)N[C@](C)(Cc2ccc(OC)c(OC)c2)C1=O. The highest BCUT2D eigenvalue weighted by Crippen LogP contribution is 2.30. The van der Waals surface area contributed by atoms with E-state index in [0.717, 1.165) is 17.7 Å². The lowest BCUT2D eigenvalue weighted by Gasteiger charge is -2.26. The van der Waals surface area contributed by atoms with E-state index < -0.39 is 5.54 Å². The fourth-order valence-electron chi connectivity index (χ4n) is 3.70. The van der Waals surface area contributed by atoms with Crippen LogP contribution in [0.2, 0.25) is 0 Å². The molecule has 7 nitrogen and oxygen atoms in total. The number of carbonyl (C=O) groups is 2. The maximum absolute atomic E-state index is 13.2. The Kier molecular flexibility index (Phi) is 6.62. The number of hydrogen-bond donors (Lipinski definition) is 1. The van der Waals surface area contributed by atoms with Gasteiger partial charge in [-0.05, 0) is 36.7 Å². The third-order valence-electron chi connectivity index (χ3n) is 5.39. The predicted molar refractivity (Wildman–Crippen MR) is 114 cm³/mol. The number of methoxy groups -OCH3 is 2. The molecule has 30 heavy (non-hydrogen) atoms. The van der Waals surface area contributed by atoms with Gasteiger partial charge in [-0.25, -0.2) is 9.69 Å². The lowest BCUT2D eigenvalue weighted by molar-refractivity contribution is -0.132. The van der Waals surface area contributed by atoms with E-state index in [1.54, 1.807) is 27.2 Å². The molecule has 2 aromatic rings. The Morgan fingerprint density at radius 3 is 2.33 bits per heavy atom. The van der Waals surface area contributed by atoms with Crippen molar-refractivity contribution in [1.29, 1.82) is 0 Å². The second-order valence-corrected chi connectivity index (χ2v) is 7.63. The summed E-state index contributed by atoms with van der Waals surface area (Å²) in [4.78, 5) is 29.2. The smallest absolute Gasteiger partial charge is 0.326 e. The Balaban J connectivity index is 1.72. The van der Waals surface area contributed by atoms with E-state index in [4.69, 9.17) is 9.47 Å². The molecule has 1 N–H and O–H groups in total. The summed E-state index contributed by atoms with van der Waals surface area (Å²) in [5.74, 6) is 0.982. The molecule has 1 heterocycles. The highest BCUT2D eigenvalue weighted by Gasteiger charge is 2.48. The van der Waals surface area contributed by atoms with Crippen LogP contribution in [0.1, 0.15) is 25.0 Å². The van der Waals surface area contributed by atoms with Gasteiger partial charge in [0.2, 0.25) is 0 Å². The van der Waals surface area contributed by atoms with Crippen LogP contribution >= 0.6 is 0 Å². The second-order valence-electron chi connectivity index (χ2n) is 7.63. The molecule has 3 rings (SSSR count). The van der Waals surface area contributed by atoms with Gasteiger partial charge in [0.1, 0.15) is 5.54 Å². The number of hydrogen-bond acceptors (Lipinski definition) is 5. The average Bonchev–Trinajstić information content (AvgIpc) is 2.96. The first-order valence-corrected chi connectivity index (χ1v) is 10.0. The summed E-state index contributed by atoms with van der Waals surface area (Å²) in [6.45, 7) is 5.42. The van der Waals surface area contributed by atoms with Crippen LogP contribution in [0, 0.1) is 0 Å². The first-order valence-electron chi connectivity index (χ1n) is 10.0. The molecule has 0 saturated carbocycles. The molecule has 1 fully saturated rings. The molecule has 0 bridgehead atoms. The zero-order chi connectivity index (χ0) is 21.7. The largest absolute Gasteiger partial charge is 0.493 e. The van der Waals surface area contributed by atoms with Crippen molar-refractivity contribution in [2.45, 2.75) is 32.4 Å². The number of nitrogens with one attached hydrogen (secondary N) is 1. The van der Waals surface area contributed by atoms with Crippen molar-refractivity contribution in [2.24, 2.45) is 0 Å². The van der Waals surface area contributed by atoms with E-state index in [1.165, 1.54) is 4.90 Å². The van der Waals surface area contributed by atoms with Gasteiger partial charge in [0.25, 0.3) is 5.91 Å². The van der Waals surface area contributed by atoms with Gasteiger partial charge < -0.3 is 14.8 Å². The molecule has 0 aliphatic carbocycles. The van der Waals surface area contributed by atoms with Crippen molar-refractivity contribution >= 4 is 11.9 Å². The molecule has 3 amide bonds. The summed E-state index contributed by atoms with van der Waals surface area (Å²) in [5.41, 5.74) is 1.00. The van der Waals surface area contributed by atoms with Gasteiger partial charge in [-0.15, -0.1) is 0 Å². The van der Waals surface area contributed by atoms with Crippen molar-refractivity contribution in [3.8, 4) is 11.5 Å². The molecule has 0 spiro atoms. The summed E-state index contributed by atoms with van der Waals surface area (Å²) in [7, 11) is 3.14. The van der Waals surface area contributed by atoms with E-state index in [0.29, 0.717) is 24.5 Å². The minimum Gasteiger partial charge on any atom is -0.493 e. The number of urea groups is 1. The highest BCUT2D eigenvalue weighted by molar-refractivity contribution is 6.06. The van der Waals surface area contributed by atoms with Gasteiger partial charge in [0.05, 0.1) is 20.9 Å². The molecule has 160 valence electrons. The Hall–Kier alpha value is -3.06. The van der Waals surface area contributed by atoms with E-state index >= 15 is 0 Å². The average molecular weight is 412 g/mol. The number of benzene rings is 2. The third-order valence-corrected chi connectivity index (χ3v) is 5.39. The minimum absolute atomic E-state index is 0.228. The molecule has 1 atom stereocenters. The van der Waals surface area contributed by atoms with Gasteiger partial charge in [0.15, 0.2) is 11.5 Å². The topological polar surface area (TPSA) is 71.1 Å². The summed E-state index contributed by atoms with van der Waals surface area (Å²) in [6.07, 6.45) is 0.360. The van der Waals surface area contributed by atoms with Gasteiger partial charge in [-0.1, -0.05) is 43.3 Å². The normalized spacial score (nSPS) is 18.6. The van der Waals surface area contributed by atoms with E-state index in [-0.39, 0.29) is 18.6 Å². The van der Waals surface area contributed by atoms with Gasteiger partial charge >= 0.3 is 6.03 Å². The van der Waals surface area contributed by atoms with Crippen LogP contribution in [0.4, 0.5) is 4.79 Å². The Labute approximate surface area is 177 Å². The van der Waals surface area contributed by atoms with E-state index in [1.807, 2.05) is 49.4 Å². The zero-order valence-corrected chi connectivity index (χ0v) is 18.0. The first kappa shape index (κ1) is 21.6. The Morgan fingerprint density at radius 1 is 1.00 bits per heavy atom. The predicted octanol–water partition coefficient (Wildman–Crippen LogP) is 3.04. The summed E-state index contributed by atoms with van der Waals surface area (Å²) in [5, 5.41) is 2.88. The summed E-state index contributed by atoms with van der Waals surface area (Å²) in [6, 6.07) is 15.2. The maximum Gasteiger partial charge on any atom is 0.326 e. The fourth-order valence-corrected chi connectivity index (χ4v) is 3.70. The lowest BCUT2D eigenvalue weighted by atomic mass is 9.92. The summed E-state index contributed by atoms with van der Waals surface area (Å²) < 4.78 is 10.6. The number of rotatable bonds is 9. The molecule has 1 aliphatic heterocycles. The van der Waals surface area contributed by atoms with Crippen molar-refractivity contribution in [2.75, 3.05) is 27.4 Å². The molecule has 7 heteroatoms. The molecule has 2 aromatic carbocycles. The standard InChI is InChI=1S/C23H29N3O4/c1-5-25(15-17-9-7-6-8-10-17)16-26-21(27)23(2,24-22(26)28)14-18-11-12-19(29-3)20(13-18)30-4/h6-13H,5,14-16H2,1-4H3,(H,24,28)/t23-/m1/s1. The van der Waals surface area contributed by atoms with E-state index in [9.17, 15) is 9.59 Å². The van der Waals surface area contributed by atoms with Crippen LogP contribution in [0.25, 0.3) is 0 Å². The van der Waals surface area contributed by atoms with Gasteiger partial charge in [-0.3, -0.25) is 9.69 Å². The van der Waals surface area contributed by atoms with Crippen LogP contribution in [-0.4, -0.2) is 54.7 Å². The number of carbonyl (C=O) groups excluding carboxylic acids is 2. The molecule has 0 unspecified atom stereocenters. The quantitative estimate of drug-likeness (QED) is 0.642. The van der Waals surface area contributed by atoms with Crippen LogP contribution in [0.5, 0.6) is 11.5 Å². The third kappa shape index (κ3) is 4.57. The van der Waals surface area contributed by atoms with Gasteiger partial charge in [0, 0.05) is 13.0 Å². The van der Waals surface area contributed by atoms with Gasteiger partial charge in [-0.2, -0.15) is 0 Å². The van der Waals surface area contributed by atoms with Crippen LogP contribution < -0.4 is 14.8 Å². The van der Waals surface area contributed by atoms with Crippen molar-refractivity contribution < 1.29 is 19.1 Å². The molecule has 1 saturated heterocycles. The second kappa shape index (κ2) is 9.17. The lowest BCUT2D eigenvalue weighted by Crippen LogP contribution is -2.47. The van der Waals surface area contributed by atoms with Crippen molar-refractivity contribution in [3.63, 3.8) is 0 Å².